The lowest BCUT2D eigenvalue weighted by molar-refractivity contribution is -0.385. The molecule has 7 heteroatoms. The average molecular weight is 356 g/mol. The fraction of sp³-hybridized carbons (Fsp3) is 0.250. The number of nitrogens with zero attached hydrogens (tertiary/aromatic N) is 2. The molecule has 0 saturated carbocycles. The van der Waals surface area contributed by atoms with Crippen LogP contribution in [0.5, 0.6) is 0 Å². The smallest absolute Gasteiger partial charge is 0.273 e. The van der Waals surface area contributed by atoms with Gasteiger partial charge in [0.1, 0.15) is 0 Å². The SMILES string of the molecule is Cl.NCCN(Cc1ccccc1)Cc1cc(Cl)ccc1[N+](=O)[O-]. The van der Waals surface area contributed by atoms with Gasteiger partial charge in [-0.3, -0.25) is 15.0 Å². The quantitative estimate of drug-likeness (QED) is 0.607. The number of nitro benzene ring substituents is 1. The lowest BCUT2D eigenvalue weighted by atomic mass is 10.1. The largest absolute Gasteiger partial charge is 0.329 e. The average Bonchev–Trinajstić information content (AvgIpc) is 2.48. The fourth-order valence-electron chi connectivity index (χ4n) is 2.34. The Labute approximate surface area is 146 Å². The highest BCUT2D eigenvalue weighted by atomic mass is 35.5. The predicted molar refractivity (Wildman–Crippen MR) is 95.0 cm³/mol. The predicted octanol–water partition coefficient (Wildman–Crippen LogP) is 3.63. The van der Waals surface area contributed by atoms with Crippen molar-refractivity contribution in [2.24, 2.45) is 5.73 Å². The summed E-state index contributed by atoms with van der Waals surface area (Å²) in [5.74, 6) is 0. The van der Waals surface area contributed by atoms with Gasteiger partial charge in [-0.25, -0.2) is 0 Å². The normalized spacial score (nSPS) is 10.4. The summed E-state index contributed by atoms with van der Waals surface area (Å²) in [5, 5.41) is 11.6. The molecule has 124 valence electrons. The fourth-order valence-corrected chi connectivity index (χ4v) is 2.53. The zero-order valence-corrected chi connectivity index (χ0v) is 14.1. The number of hydrogen-bond acceptors (Lipinski definition) is 4. The number of halogens is 2. The Morgan fingerprint density at radius 3 is 2.43 bits per heavy atom. The molecule has 0 aliphatic rings. The monoisotopic (exact) mass is 355 g/mol. The molecule has 0 spiro atoms. The molecule has 0 aromatic heterocycles. The van der Waals surface area contributed by atoms with E-state index in [-0.39, 0.29) is 23.0 Å². The summed E-state index contributed by atoms with van der Waals surface area (Å²) in [6.45, 7) is 2.25. The first-order valence-corrected chi connectivity index (χ1v) is 7.37. The first-order valence-electron chi connectivity index (χ1n) is 6.99. The van der Waals surface area contributed by atoms with Crippen molar-refractivity contribution in [1.82, 2.24) is 4.90 Å². The first kappa shape index (κ1) is 19.4. The number of nitro groups is 1. The second kappa shape index (κ2) is 9.47. The van der Waals surface area contributed by atoms with Crippen molar-refractivity contribution in [2.45, 2.75) is 13.1 Å². The lowest BCUT2D eigenvalue weighted by Gasteiger charge is -2.21. The molecule has 2 aromatic rings. The minimum absolute atomic E-state index is 0. The van der Waals surface area contributed by atoms with Gasteiger partial charge >= 0.3 is 0 Å². The molecule has 0 atom stereocenters. The number of nitrogens with two attached hydrogens (primary N) is 1. The van der Waals surface area contributed by atoms with E-state index >= 15 is 0 Å². The minimum Gasteiger partial charge on any atom is -0.329 e. The van der Waals surface area contributed by atoms with Gasteiger partial charge in [0.2, 0.25) is 0 Å². The van der Waals surface area contributed by atoms with Gasteiger partial charge in [0.05, 0.1) is 4.92 Å². The van der Waals surface area contributed by atoms with Crippen LogP contribution in [0.2, 0.25) is 5.02 Å². The maximum Gasteiger partial charge on any atom is 0.273 e. The molecule has 0 radical (unpaired) electrons. The third-order valence-electron chi connectivity index (χ3n) is 3.33. The number of rotatable bonds is 7. The van der Waals surface area contributed by atoms with Crippen LogP contribution < -0.4 is 5.73 Å². The van der Waals surface area contributed by atoms with Crippen LogP contribution in [0.4, 0.5) is 5.69 Å². The first-order chi connectivity index (χ1) is 10.6. The highest BCUT2D eigenvalue weighted by Crippen LogP contribution is 2.24. The van der Waals surface area contributed by atoms with Crippen LogP contribution in [0, 0.1) is 10.1 Å². The molecule has 2 aromatic carbocycles. The molecule has 23 heavy (non-hydrogen) atoms. The van der Waals surface area contributed by atoms with Crippen molar-refractivity contribution >= 4 is 29.7 Å². The van der Waals surface area contributed by atoms with Crippen molar-refractivity contribution in [3.8, 4) is 0 Å². The molecular formula is C16H19Cl2N3O2. The van der Waals surface area contributed by atoms with E-state index in [0.717, 1.165) is 5.56 Å². The van der Waals surface area contributed by atoms with Crippen molar-refractivity contribution in [3.05, 3.63) is 74.8 Å². The van der Waals surface area contributed by atoms with Gasteiger partial charge in [-0.05, 0) is 17.7 Å². The molecule has 0 unspecified atom stereocenters. The second-order valence-corrected chi connectivity index (χ2v) is 5.45. The molecule has 2 rings (SSSR count). The van der Waals surface area contributed by atoms with Gasteiger partial charge < -0.3 is 5.73 Å². The molecule has 0 amide bonds. The standard InChI is InChI=1S/C16H18ClN3O2.ClH/c17-15-6-7-16(20(21)22)14(10-15)12-19(9-8-18)11-13-4-2-1-3-5-13;/h1-7,10H,8-9,11-12,18H2;1H. The Balaban J connectivity index is 0.00000264. The van der Waals surface area contributed by atoms with E-state index in [1.54, 1.807) is 6.07 Å². The van der Waals surface area contributed by atoms with Crippen molar-refractivity contribution in [3.63, 3.8) is 0 Å². The molecule has 0 saturated heterocycles. The van der Waals surface area contributed by atoms with Gasteiger partial charge in [-0.1, -0.05) is 41.9 Å². The Hall–Kier alpha value is -1.66. The maximum absolute atomic E-state index is 11.1. The Morgan fingerprint density at radius 2 is 1.83 bits per heavy atom. The van der Waals surface area contributed by atoms with E-state index in [4.69, 9.17) is 17.3 Å². The zero-order chi connectivity index (χ0) is 15.9. The van der Waals surface area contributed by atoms with E-state index in [9.17, 15) is 10.1 Å². The molecule has 0 aliphatic heterocycles. The molecular weight excluding hydrogens is 337 g/mol. The minimum atomic E-state index is -0.380. The number of benzene rings is 2. The van der Waals surface area contributed by atoms with E-state index in [1.165, 1.54) is 12.1 Å². The summed E-state index contributed by atoms with van der Waals surface area (Å²) >= 11 is 5.98. The van der Waals surface area contributed by atoms with Crippen LogP contribution in [0.1, 0.15) is 11.1 Å². The summed E-state index contributed by atoms with van der Waals surface area (Å²) in [6, 6.07) is 14.6. The van der Waals surface area contributed by atoms with Crippen LogP contribution >= 0.6 is 24.0 Å². The third-order valence-corrected chi connectivity index (χ3v) is 3.56. The Kier molecular flexibility index (Phi) is 7.98. The van der Waals surface area contributed by atoms with Crippen LogP contribution in [0.3, 0.4) is 0 Å². The van der Waals surface area contributed by atoms with E-state index in [2.05, 4.69) is 4.90 Å². The molecule has 0 bridgehead atoms. The zero-order valence-electron chi connectivity index (χ0n) is 12.5. The van der Waals surface area contributed by atoms with Crippen LogP contribution in [0.25, 0.3) is 0 Å². The topological polar surface area (TPSA) is 72.4 Å². The Morgan fingerprint density at radius 1 is 1.13 bits per heavy atom. The Bertz CT molecular complexity index is 638. The van der Waals surface area contributed by atoms with Crippen LogP contribution in [0.15, 0.2) is 48.5 Å². The van der Waals surface area contributed by atoms with Crippen molar-refractivity contribution in [1.29, 1.82) is 0 Å². The molecule has 0 heterocycles. The highest BCUT2D eigenvalue weighted by Gasteiger charge is 2.17. The van der Waals surface area contributed by atoms with Gasteiger partial charge in [-0.15, -0.1) is 12.4 Å². The van der Waals surface area contributed by atoms with Gasteiger partial charge in [0.15, 0.2) is 0 Å². The van der Waals surface area contributed by atoms with E-state index < -0.39 is 0 Å². The maximum atomic E-state index is 11.1. The van der Waals surface area contributed by atoms with Crippen LogP contribution in [-0.4, -0.2) is 22.9 Å². The second-order valence-electron chi connectivity index (χ2n) is 5.02. The molecule has 0 fully saturated rings. The summed E-state index contributed by atoms with van der Waals surface area (Å²) in [5.41, 5.74) is 7.48. The van der Waals surface area contributed by atoms with Crippen molar-refractivity contribution in [2.75, 3.05) is 13.1 Å². The number of hydrogen-bond donors (Lipinski definition) is 1. The summed E-state index contributed by atoms with van der Waals surface area (Å²) < 4.78 is 0. The van der Waals surface area contributed by atoms with E-state index in [0.29, 0.717) is 36.8 Å². The molecule has 5 nitrogen and oxygen atoms in total. The van der Waals surface area contributed by atoms with Gasteiger partial charge in [-0.2, -0.15) is 0 Å². The van der Waals surface area contributed by atoms with E-state index in [1.807, 2.05) is 30.3 Å². The van der Waals surface area contributed by atoms with Crippen LogP contribution in [-0.2, 0) is 13.1 Å². The summed E-state index contributed by atoms with van der Waals surface area (Å²) in [4.78, 5) is 12.8. The highest BCUT2D eigenvalue weighted by molar-refractivity contribution is 6.30. The third kappa shape index (κ3) is 5.80. The van der Waals surface area contributed by atoms with Gasteiger partial charge in [0.25, 0.3) is 5.69 Å². The molecule has 2 N–H and O–H groups in total. The van der Waals surface area contributed by atoms with Crippen molar-refractivity contribution < 1.29 is 4.92 Å². The summed E-state index contributed by atoms with van der Waals surface area (Å²) in [7, 11) is 0. The molecule has 0 aliphatic carbocycles. The lowest BCUT2D eigenvalue weighted by Crippen LogP contribution is -2.29. The summed E-state index contributed by atoms with van der Waals surface area (Å²) in [6.07, 6.45) is 0. The van der Waals surface area contributed by atoms with Gasteiger partial charge in [0, 0.05) is 42.8 Å².